The van der Waals surface area contributed by atoms with Gasteiger partial charge in [-0.1, -0.05) is 18.2 Å². The van der Waals surface area contributed by atoms with Crippen LogP contribution >= 0.6 is 0 Å². The zero-order chi connectivity index (χ0) is 17.3. The number of ether oxygens (including phenoxy) is 2. The average molecular weight is 318 g/mol. The van der Waals surface area contributed by atoms with Crippen molar-refractivity contribution in [3.05, 3.63) is 40.6 Å². The van der Waals surface area contributed by atoms with Crippen molar-refractivity contribution in [2.75, 3.05) is 19.8 Å². The minimum absolute atomic E-state index is 0.0743. The van der Waals surface area contributed by atoms with E-state index < -0.39 is 5.97 Å². The third-order valence-electron chi connectivity index (χ3n) is 3.08. The molecular formula is C17H22N2O4. The van der Waals surface area contributed by atoms with Crippen LogP contribution in [0.5, 0.6) is 0 Å². The standard InChI is InChI=1S/C17H22N2O4/c1-4-22-17(21,23-5-2)16-7-6-14(10-13(16)3)11-15(12-18)19-8-9-20/h6-7,9-11,19,21H,4-5,8H2,1-3H3. The number of nitrogens with one attached hydrogen (secondary N) is 1. The topological polar surface area (TPSA) is 91.6 Å². The number of aryl methyl sites for hydroxylation is 1. The summed E-state index contributed by atoms with van der Waals surface area (Å²) < 4.78 is 10.7. The van der Waals surface area contributed by atoms with E-state index in [4.69, 9.17) is 14.7 Å². The number of carbonyl (C=O) groups is 1. The zero-order valence-electron chi connectivity index (χ0n) is 13.6. The summed E-state index contributed by atoms with van der Waals surface area (Å²) in [7, 11) is 0. The molecule has 1 aromatic carbocycles. The fourth-order valence-corrected chi connectivity index (χ4v) is 2.16. The predicted molar refractivity (Wildman–Crippen MR) is 86.0 cm³/mol. The van der Waals surface area contributed by atoms with Crippen molar-refractivity contribution in [1.29, 1.82) is 5.26 Å². The Kier molecular flexibility index (Phi) is 7.42. The number of hydrogen-bond donors (Lipinski definition) is 2. The highest BCUT2D eigenvalue weighted by molar-refractivity contribution is 5.60. The molecule has 0 atom stereocenters. The number of benzene rings is 1. The van der Waals surface area contributed by atoms with Crippen LogP contribution in [0, 0.1) is 18.3 Å². The van der Waals surface area contributed by atoms with Gasteiger partial charge in [0.15, 0.2) is 0 Å². The maximum atomic E-state index is 10.5. The minimum Gasteiger partial charge on any atom is -0.370 e. The van der Waals surface area contributed by atoms with Crippen molar-refractivity contribution in [3.8, 4) is 6.07 Å². The maximum Gasteiger partial charge on any atom is 0.309 e. The second-order valence-electron chi connectivity index (χ2n) is 4.74. The van der Waals surface area contributed by atoms with E-state index in [-0.39, 0.29) is 12.2 Å². The van der Waals surface area contributed by atoms with E-state index in [2.05, 4.69) is 5.32 Å². The Morgan fingerprint density at radius 2 is 2.04 bits per heavy atom. The molecule has 124 valence electrons. The highest BCUT2D eigenvalue weighted by atomic mass is 16.8. The molecule has 0 heterocycles. The first-order chi connectivity index (χ1) is 11.0. The Morgan fingerprint density at radius 1 is 1.39 bits per heavy atom. The molecule has 0 spiro atoms. The first-order valence-electron chi connectivity index (χ1n) is 7.41. The van der Waals surface area contributed by atoms with Gasteiger partial charge in [-0.3, -0.25) is 0 Å². The van der Waals surface area contributed by atoms with Crippen LogP contribution < -0.4 is 5.32 Å². The Bertz CT molecular complexity index is 599. The lowest BCUT2D eigenvalue weighted by atomic mass is 10.0. The molecule has 0 fully saturated rings. The number of hydrogen-bond acceptors (Lipinski definition) is 6. The smallest absolute Gasteiger partial charge is 0.309 e. The fourth-order valence-electron chi connectivity index (χ4n) is 2.16. The molecule has 0 amide bonds. The summed E-state index contributed by atoms with van der Waals surface area (Å²) in [6.45, 7) is 6.03. The number of allylic oxidation sites excluding steroid dienone is 1. The van der Waals surface area contributed by atoms with Gasteiger partial charge in [0.25, 0.3) is 0 Å². The zero-order valence-corrected chi connectivity index (χ0v) is 13.6. The van der Waals surface area contributed by atoms with Gasteiger partial charge in [-0.2, -0.15) is 5.26 Å². The van der Waals surface area contributed by atoms with E-state index in [1.807, 2.05) is 13.0 Å². The second-order valence-corrected chi connectivity index (χ2v) is 4.74. The van der Waals surface area contributed by atoms with Crippen LogP contribution in [0.15, 0.2) is 23.9 Å². The molecule has 0 saturated heterocycles. The highest BCUT2D eigenvalue weighted by Crippen LogP contribution is 2.28. The largest absolute Gasteiger partial charge is 0.370 e. The van der Waals surface area contributed by atoms with Crippen molar-refractivity contribution in [1.82, 2.24) is 5.32 Å². The highest BCUT2D eigenvalue weighted by Gasteiger charge is 2.32. The van der Waals surface area contributed by atoms with Gasteiger partial charge in [0.2, 0.25) is 0 Å². The molecule has 0 radical (unpaired) electrons. The van der Waals surface area contributed by atoms with Gasteiger partial charge in [-0.05, 0) is 38.0 Å². The first kappa shape index (κ1) is 18.8. The molecule has 0 saturated carbocycles. The van der Waals surface area contributed by atoms with Crippen LogP contribution in [-0.2, 0) is 20.2 Å². The van der Waals surface area contributed by atoms with Gasteiger partial charge in [0.05, 0.1) is 6.54 Å². The Balaban J connectivity index is 3.12. The molecule has 1 rings (SSSR count). The summed E-state index contributed by atoms with van der Waals surface area (Å²) >= 11 is 0. The third-order valence-corrected chi connectivity index (χ3v) is 3.08. The van der Waals surface area contributed by atoms with Crippen LogP contribution in [-0.4, -0.2) is 31.2 Å². The van der Waals surface area contributed by atoms with Crippen LogP contribution in [0.1, 0.15) is 30.5 Å². The SMILES string of the molecule is CCOC(O)(OCC)c1ccc(C=C(C#N)NCC=O)cc1C. The molecule has 23 heavy (non-hydrogen) atoms. The van der Waals surface area contributed by atoms with E-state index in [0.717, 1.165) is 11.1 Å². The maximum absolute atomic E-state index is 10.5. The van der Waals surface area contributed by atoms with Crippen molar-refractivity contribution < 1.29 is 19.4 Å². The summed E-state index contributed by atoms with van der Waals surface area (Å²) in [4.78, 5) is 10.4. The average Bonchev–Trinajstić information content (AvgIpc) is 2.51. The molecule has 6 nitrogen and oxygen atoms in total. The van der Waals surface area contributed by atoms with Gasteiger partial charge < -0.3 is 24.7 Å². The molecule has 1 aromatic rings. The molecule has 0 unspecified atom stereocenters. The number of aldehydes is 1. The molecule has 0 bridgehead atoms. The van der Waals surface area contributed by atoms with Gasteiger partial charge >= 0.3 is 5.97 Å². The number of carbonyl (C=O) groups excluding carboxylic acids is 1. The van der Waals surface area contributed by atoms with E-state index in [0.29, 0.717) is 25.1 Å². The molecule has 0 aliphatic heterocycles. The molecule has 0 aliphatic carbocycles. The van der Waals surface area contributed by atoms with E-state index >= 15 is 0 Å². The lowest BCUT2D eigenvalue weighted by Gasteiger charge is -2.28. The Morgan fingerprint density at radius 3 is 2.52 bits per heavy atom. The summed E-state index contributed by atoms with van der Waals surface area (Å²) in [5, 5.41) is 22.3. The first-order valence-corrected chi connectivity index (χ1v) is 7.41. The normalized spacial score (nSPS) is 11.9. The summed E-state index contributed by atoms with van der Waals surface area (Å²) in [5.74, 6) is -1.79. The van der Waals surface area contributed by atoms with Gasteiger partial charge in [0, 0.05) is 18.8 Å². The Labute approximate surface area is 136 Å². The molecular weight excluding hydrogens is 296 g/mol. The van der Waals surface area contributed by atoms with E-state index in [1.165, 1.54) is 0 Å². The second kappa shape index (κ2) is 9.06. The summed E-state index contributed by atoms with van der Waals surface area (Å²) in [6.07, 6.45) is 2.31. The van der Waals surface area contributed by atoms with Gasteiger partial charge in [-0.15, -0.1) is 0 Å². The van der Waals surface area contributed by atoms with Crippen LogP contribution in [0.3, 0.4) is 0 Å². The summed E-state index contributed by atoms with van der Waals surface area (Å²) in [6, 6.07) is 7.22. The molecule has 2 N–H and O–H groups in total. The molecule has 6 heteroatoms. The quantitative estimate of drug-likeness (QED) is 0.410. The van der Waals surface area contributed by atoms with Crippen LogP contribution in [0.2, 0.25) is 0 Å². The fraction of sp³-hybridized carbons (Fsp3) is 0.412. The molecule has 0 aromatic heterocycles. The monoisotopic (exact) mass is 318 g/mol. The van der Waals surface area contributed by atoms with Crippen LogP contribution in [0.25, 0.3) is 6.08 Å². The van der Waals surface area contributed by atoms with Gasteiger partial charge in [-0.25, -0.2) is 0 Å². The van der Waals surface area contributed by atoms with Crippen molar-refractivity contribution >= 4 is 12.4 Å². The Hall–Kier alpha value is -2.20. The van der Waals surface area contributed by atoms with E-state index in [1.54, 1.807) is 38.1 Å². The lowest BCUT2D eigenvalue weighted by molar-refractivity contribution is -0.370. The summed E-state index contributed by atoms with van der Waals surface area (Å²) in [5.41, 5.74) is 2.32. The number of nitriles is 1. The van der Waals surface area contributed by atoms with Crippen molar-refractivity contribution in [3.63, 3.8) is 0 Å². The predicted octanol–water partition coefficient (Wildman–Crippen LogP) is 1.82. The van der Waals surface area contributed by atoms with Gasteiger partial charge in [0.1, 0.15) is 18.1 Å². The number of aliphatic hydroxyl groups is 1. The van der Waals surface area contributed by atoms with Crippen molar-refractivity contribution in [2.45, 2.75) is 26.7 Å². The van der Waals surface area contributed by atoms with Crippen molar-refractivity contribution in [2.24, 2.45) is 0 Å². The minimum atomic E-state index is -1.79. The van der Waals surface area contributed by atoms with E-state index in [9.17, 15) is 9.90 Å². The number of rotatable bonds is 9. The third kappa shape index (κ3) is 5.18. The lowest BCUT2D eigenvalue weighted by Crippen LogP contribution is -2.33. The van der Waals surface area contributed by atoms with Crippen LogP contribution in [0.4, 0.5) is 0 Å². The number of nitrogens with zero attached hydrogens (tertiary/aromatic N) is 1. The molecule has 0 aliphatic rings.